The molecule has 1 heterocycles. The van der Waals surface area contributed by atoms with E-state index in [-0.39, 0.29) is 5.60 Å². The molecule has 0 aromatic carbocycles. The van der Waals surface area contributed by atoms with Crippen molar-refractivity contribution in [3.63, 3.8) is 0 Å². The van der Waals surface area contributed by atoms with Crippen LogP contribution in [0.2, 0.25) is 0 Å². The second kappa shape index (κ2) is 4.75. The van der Waals surface area contributed by atoms with E-state index in [1.165, 1.54) is 11.5 Å². The van der Waals surface area contributed by atoms with Gasteiger partial charge in [-0.3, -0.25) is 9.63 Å². The third-order valence-electron chi connectivity index (χ3n) is 2.07. The van der Waals surface area contributed by atoms with Crippen molar-refractivity contribution in [2.45, 2.75) is 45.3 Å². The quantitative estimate of drug-likeness (QED) is 0.542. The van der Waals surface area contributed by atoms with Gasteiger partial charge in [-0.05, 0) is 40.2 Å². The second-order valence-electron chi connectivity index (χ2n) is 4.70. The van der Waals surface area contributed by atoms with Gasteiger partial charge in [-0.2, -0.15) is 0 Å². The smallest absolute Gasteiger partial charge is 0.233 e. The first kappa shape index (κ1) is 11.5. The number of hydroxylamine groups is 2. The van der Waals surface area contributed by atoms with Crippen LogP contribution >= 0.6 is 0 Å². The molecule has 1 saturated heterocycles. The van der Waals surface area contributed by atoms with E-state index in [9.17, 15) is 4.79 Å². The fourth-order valence-electron chi connectivity index (χ4n) is 1.58. The summed E-state index contributed by atoms with van der Waals surface area (Å²) in [5, 5.41) is 4.72. The Morgan fingerprint density at radius 2 is 2.29 bits per heavy atom. The van der Waals surface area contributed by atoms with Crippen LogP contribution < -0.4 is 5.32 Å². The molecule has 0 aromatic heterocycles. The summed E-state index contributed by atoms with van der Waals surface area (Å²) in [5.74, 6) is 0. The van der Waals surface area contributed by atoms with Gasteiger partial charge in [0.15, 0.2) is 0 Å². The summed E-state index contributed by atoms with van der Waals surface area (Å²) in [6, 6.07) is 0.391. The third-order valence-corrected chi connectivity index (χ3v) is 2.07. The molecule has 0 saturated carbocycles. The Labute approximate surface area is 85.6 Å². The van der Waals surface area contributed by atoms with Crippen LogP contribution in [0, 0.1) is 0 Å². The highest BCUT2D eigenvalue weighted by atomic mass is 16.7. The average Bonchev–Trinajstić information content (AvgIpc) is 2.53. The van der Waals surface area contributed by atoms with Gasteiger partial charge in [0.1, 0.15) is 0 Å². The lowest BCUT2D eigenvalue weighted by atomic mass is 10.2. The molecule has 1 atom stereocenters. The van der Waals surface area contributed by atoms with Crippen LogP contribution in [0.15, 0.2) is 0 Å². The van der Waals surface area contributed by atoms with Gasteiger partial charge in [-0.1, -0.05) is 0 Å². The molecule has 0 unspecified atom stereocenters. The van der Waals surface area contributed by atoms with E-state index in [2.05, 4.69) is 5.32 Å². The highest BCUT2D eigenvalue weighted by Crippen LogP contribution is 2.12. The summed E-state index contributed by atoms with van der Waals surface area (Å²) < 4.78 is 0. The maximum absolute atomic E-state index is 10.7. The predicted octanol–water partition coefficient (Wildman–Crippen LogP) is 0.927. The molecule has 82 valence electrons. The first-order valence-electron chi connectivity index (χ1n) is 5.16. The topological polar surface area (TPSA) is 41.6 Å². The molecule has 14 heavy (non-hydrogen) atoms. The summed E-state index contributed by atoms with van der Waals surface area (Å²) >= 11 is 0. The van der Waals surface area contributed by atoms with E-state index in [4.69, 9.17) is 4.84 Å². The summed E-state index contributed by atoms with van der Waals surface area (Å²) in [6.07, 6.45) is 3.07. The minimum absolute atomic E-state index is 0.306. The highest BCUT2D eigenvalue weighted by Gasteiger charge is 2.21. The van der Waals surface area contributed by atoms with Crippen LogP contribution in [0.4, 0.5) is 0 Å². The van der Waals surface area contributed by atoms with E-state index >= 15 is 0 Å². The number of carbonyl (C=O) groups is 1. The average molecular weight is 200 g/mol. The minimum Gasteiger partial charge on any atom is -0.312 e. The van der Waals surface area contributed by atoms with E-state index in [0.29, 0.717) is 12.6 Å². The van der Waals surface area contributed by atoms with Crippen LogP contribution in [0.3, 0.4) is 0 Å². The number of amides is 1. The molecule has 1 N–H and O–H groups in total. The molecule has 0 aliphatic carbocycles. The zero-order chi connectivity index (χ0) is 10.6. The van der Waals surface area contributed by atoms with Crippen molar-refractivity contribution < 1.29 is 9.63 Å². The number of hydrogen-bond donors (Lipinski definition) is 1. The lowest BCUT2D eigenvalue weighted by molar-refractivity contribution is -0.217. The zero-order valence-corrected chi connectivity index (χ0v) is 9.25. The van der Waals surface area contributed by atoms with E-state index in [1.54, 1.807) is 0 Å². The SMILES string of the molecule is CC(C)(C)ON(C=O)C[C@@H]1CCCN1. The van der Waals surface area contributed by atoms with Gasteiger partial charge in [0.05, 0.1) is 12.1 Å². The Bertz CT molecular complexity index is 183. The molecular weight excluding hydrogens is 180 g/mol. The Morgan fingerprint density at radius 1 is 1.57 bits per heavy atom. The van der Waals surface area contributed by atoms with Crippen LogP contribution in [-0.2, 0) is 9.63 Å². The summed E-state index contributed by atoms with van der Waals surface area (Å²) in [7, 11) is 0. The summed E-state index contributed by atoms with van der Waals surface area (Å²) in [4.78, 5) is 16.2. The highest BCUT2D eigenvalue weighted by molar-refractivity contribution is 5.45. The number of nitrogens with zero attached hydrogens (tertiary/aromatic N) is 1. The number of hydrogen-bond acceptors (Lipinski definition) is 3. The normalized spacial score (nSPS) is 22.4. The molecule has 0 radical (unpaired) electrons. The van der Waals surface area contributed by atoms with Crippen LogP contribution in [-0.4, -0.2) is 36.2 Å². The van der Waals surface area contributed by atoms with Gasteiger partial charge >= 0.3 is 0 Å². The molecule has 0 aromatic rings. The monoisotopic (exact) mass is 200 g/mol. The lowest BCUT2D eigenvalue weighted by Gasteiger charge is -2.28. The number of carbonyl (C=O) groups excluding carboxylic acids is 1. The summed E-state index contributed by atoms with van der Waals surface area (Å²) in [6.45, 7) is 7.50. The molecule has 1 fully saturated rings. The zero-order valence-electron chi connectivity index (χ0n) is 9.25. The lowest BCUT2D eigenvalue weighted by Crippen LogP contribution is -2.40. The van der Waals surface area contributed by atoms with Gasteiger partial charge in [-0.15, -0.1) is 0 Å². The molecule has 0 bridgehead atoms. The van der Waals surface area contributed by atoms with Gasteiger partial charge in [-0.25, -0.2) is 5.06 Å². The van der Waals surface area contributed by atoms with Crippen LogP contribution in [0.5, 0.6) is 0 Å². The Balaban J connectivity index is 2.34. The third kappa shape index (κ3) is 4.07. The van der Waals surface area contributed by atoms with Crippen molar-refractivity contribution in [2.75, 3.05) is 13.1 Å². The van der Waals surface area contributed by atoms with Crippen molar-refractivity contribution >= 4 is 6.41 Å². The predicted molar refractivity (Wildman–Crippen MR) is 54.6 cm³/mol. The second-order valence-corrected chi connectivity index (χ2v) is 4.70. The molecular formula is C10H20N2O2. The number of rotatable bonds is 4. The Hall–Kier alpha value is -0.610. The molecule has 1 rings (SSSR count). The molecule has 4 nitrogen and oxygen atoms in total. The van der Waals surface area contributed by atoms with Crippen LogP contribution in [0.25, 0.3) is 0 Å². The van der Waals surface area contributed by atoms with E-state index in [0.717, 1.165) is 19.4 Å². The fourth-order valence-corrected chi connectivity index (χ4v) is 1.58. The van der Waals surface area contributed by atoms with Crippen molar-refractivity contribution in [1.82, 2.24) is 10.4 Å². The van der Waals surface area contributed by atoms with E-state index in [1.807, 2.05) is 20.8 Å². The van der Waals surface area contributed by atoms with Crippen molar-refractivity contribution in [3.05, 3.63) is 0 Å². The van der Waals surface area contributed by atoms with Gasteiger partial charge in [0.2, 0.25) is 6.41 Å². The van der Waals surface area contributed by atoms with Crippen LogP contribution in [0.1, 0.15) is 33.6 Å². The van der Waals surface area contributed by atoms with Crippen molar-refractivity contribution in [3.8, 4) is 0 Å². The molecule has 1 aliphatic rings. The fraction of sp³-hybridized carbons (Fsp3) is 0.900. The largest absolute Gasteiger partial charge is 0.312 e. The minimum atomic E-state index is -0.306. The summed E-state index contributed by atoms with van der Waals surface area (Å²) in [5.41, 5.74) is -0.306. The molecule has 1 aliphatic heterocycles. The molecule has 0 spiro atoms. The Kier molecular flexibility index (Phi) is 3.89. The van der Waals surface area contributed by atoms with Gasteiger partial charge in [0, 0.05) is 6.04 Å². The molecule has 1 amide bonds. The number of nitrogens with one attached hydrogen (secondary N) is 1. The maximum atomic E-state index is 10.7. The van der Waals surface area contributed by atoms with Crippen molar-refractivity contribution in [2.24, 2.45) is 0 Å². The first-order chi connectivity index (χ1) is 6.51. The first-order valence-corrected chi connectivity index (χ1v) is 5.16. The van der Waals surface area contributed by atoms with Gasteiger partial charge in [0.25, 0.3) is 0 Å². The van der Waals surface area contributed by atoms with Crippen molar-refractivity contribution in [1.29, 1.82) is 0 Å². The maximum Gasteiger partial charge on any atom is 0.233 e. The van der Waals surface area contributed by atoms with Gasteiger partial charge < -0.3 is 5.32 Å². The Morgan fingerprint density at radius 3 is 2.71 bits per heavy atom. The van der Waals surface area contributed by atoms with E-state index < -0.39 is 0 Å². The molecule has 4 heteroatoms. The standard InChI is InChI=1S/C10H20N2O2/c1-10(2,3)14-12(8-13)7-9-5-4-6-11-9/h8-9,11H,4-7H2,1-3H3/t9-/m0/s1.